The third kappa shape index (κ3) is 2.36. The molecule has 1 atom stereocenters. The summed E-state index contributed by atoms with van der Waals surface area (Å²) in [5.41, 5.74) is 4.17. The maximum absolute atomic E-state index is 13.6. The summed E-state index contributed by atoms with van der Waals surface area (Å²) in [6.45, 7) is 1.59. The van der Waals surface area contributed by atoms with Crippen LogP contribution in [0, 0.1) is 11.6 Å². The van der Waals surface area contributed by atoms with Crippen LogP contribution in [-0.2, 0) is 10.3 Å². The van der Waals surface area contributed by atoms with Crippen LogP contribution in [0.5, 0.6) is 0 Å². The van der Waals surface area contributed by atoms with Gasteiger partial charge in [-0.15, -0.1) is 0 Å². The Morgan fingerprint density at radius 2 is 2.12 bits per heavy atom. The van der Waals surface area contributed by atoms with Gasteiger partial charge in [0.15, 0.2) is 11.6 Å². The quantitative estimate of drug-likeness (QED) is 0.815. The van der Waals surface area contributed by atoms with E-state index in [2.05, 4.69) is 5.32 Å². The molecule has 0 bridgehead atoms. The summed E-state index contributed by atoms with van der Waals surface area (Å²) in [6.07, 6.45) is -0.107. The van der Waals surface area contributed by atoms with Gasteiger partial charge >= 0.3 is 0 Å². The minimum absolute atomic E-state index is 0.0915. The molecular formula is C11H14F2N2O. The topological polar surface area (TPSA) is 55.1 Å². The van der Waals surface area contributed by atoms with Crippen LogP contribution in [0.25, 0.3) is 0 Å². The van der Waals surface area contributed by atoms with Crippen LogP contribution >= 0.6 is 0 Å². The van der Waals surface area contributed by atoms with Crippen LogP contribution in [0.4, 0.5) is 8.78 Å². The zero-order chi connectivity index (χ0) is 12.3. The molecule has 1 aromatic carbocycles. The SMILES string of the molecule is CNC(C)(CC(N)=O)c1cccc(F)c1F. The fraction of sp³-hybridized carbons (Fsp3) is 0.364. The Kier molecular flexibility index (Phi) is 3.59. The summed E-state index contributed by atoms with van der Waals surface area (Å²) >= 11 is 0. The lowest BCUT2D eigenvalue weighted by molar-refractivity contribution is -0.119. The number of halogens is 2. The minimum Gasteiger partial charge on any atom is -0.370 e. The first-order chi connectivity index (χ1) is 7.40. The molecule has 3 nitrogen and oxygen atoms in total. The molecule has 0 radical (unpaired) electrons. The summed E-state index contributed by atoms with van der Waals surface area (Å²) in [6, 6.07) is 3.85. The lowest BCUT2D eigenvalue weighted by Gasteiger charge is -2.28. The summed E-state index contributed by atoms with van der Waals surface area (Å²) in [5, 5.41) is 2.79. The molecule has 88 valence electrons. The molecule has 0 heterocycles. The molecule has 0 spiro atoms. The maximum atomic E-state index is 13.6. The molecule has 5 heteroatoms. The molecule has 0 aliphatic carbocycles. The van der Waals surface area contributed by atoms with Gasteiger partial charge in [-0.1, -0.05) is 12.1 Å². The number of nitrogens with two attached hydrogens (primary N) is 1. The summed E-state index contributed by atoms with van der Waals surface area (Å²) in [7, 11) is 1.56. The third-order valence-corrected chi connectivity index (χ3v) is 2.63. The van der Waals surface area contributed by atoms with Gasteiger partial charge in [-0.25, -0.2) is 8.78 Å². The predicted octanol–water partition coefficient (Wildman–Crippen LogP) is 1.27. The van der Waals surface area contributed by atoms with Crippen LogP contribution in [0.1, 0.15) is 18.9 Å². The lowest BCUT2D eigenvalue weighted by atomic mass is 9.88. The van der Waals surface area contributed by atoms with E-state index in [1.54, 1.807) is 14.0 Å². The van der Waals surface area contributed by atoms with Gasteiger partial charge < -0.3 is 11.1 Å². The van der Waals surface area contributed by atoms with Crippen molar-refractivity contribution in [1.29, 1.82) is 0 Å². The molecule has 0 aromatic heterocycles. The molecule has 1 amide bonds. The van der Waals surface area contributed by atoms with Gasteiger partial charge in [0.05, 0.1) is 5.54 Å². The molecule has 0 aliphatic rings. The molecule has 0 fully saturated rings. The summed E-state index contributed by atoms with van der Waals surface area (Å²) in [4.78, 5) is 10.9. The molecular weight excluding hydrogens is 214 g/mol. The van der Waals surface area contributed by atoms with E-state index in [1.165, 1.54) is 12.1 Å². The highest BCUT2D eigenvalue weighted by molar-refractivity contribution is 5.75. The van der Waals surface area contributed by atoms with Crippen molar-refractivity contribution in [3.63, 3.8) is 0 Å². The van der Waals surface area contributed by atoms with Crippen LogP contribution in [0.2, 0.25) is 0 Å². The second-order valence-corrected chi connectivity index (χ2v) is 3.83. The smallest absolute Gasteiger partial charge is 0.219 e. The van der Waals surface area contributed by atoms with Gasteiger partial charge in [0, 0.05) is 12.0 Å². The van der Waals surface area contributed by atoms with Crippen LogP contribution in [-0.4, -0.2) is 13.0 Å². The van der Waals surface area contributed by atoms with Gasteiger partial charge in [0.1, 0.15) is 0 Å². The molecule has 0 aliphatic heterocycles. The number of amides is 1. The second kappa shape index (κ2) is 4.57. The normalized spacial score (nSPS) is 14.5. The molecule has 1 aromatic rings. The fourth-order valence-electron chi connectivity index (χ4n) is 1.60. The number of carbonyl (C=O) groups excluding carboxylic acids is 1. The molecule has 0 saturated heterocycles. The van der Waals surface area contributed by atoms with E-state index < -0.39 is 23.1 Å². The molecule has 1 unspecified atom stereocenters. The Morgan fingerprint density at radius 3 is 2.62 bits per heavy atom. The zero-order valence-electron chi connectivity index (χ0n) is 9.18. The monoisotopic (exact) mass is 228 g/mol. The van der Waals surface area contributed by atoms with Gasteiger partial charge in [-0.2, -0.15) is 0 Å². The average Bonchev–Trinajstić information content (AvgIpc) is 2.21. The van der Waals surface area contributed by atoms with Crippen molar-refractivity contribution in [3.05, 3.63) is 35.4 Å². The first-order valence-electron chi connectivity index (χ1n) is 4.82. The predicted molar refractivity (Wildman–Crippen MR) is 56.6 cm³/mol. The minimum atomic E-state index is -1.00. The van der Waals surface area contributed by atoms with E-state index in [-0.39, 0.29) is 12.0 Å². The van der Waals surface area contributed by atoms with Gasteiger partial charge in [-0.3, -0.25) is 4.79 Å². The van der Waals surface area contributed by atoms with Crippen molar-refractivity contribution in [2.24, 2.45) is 5.73 Å². The van der Waals surface area contributed by atoms with Crippen LogP contribution in [0.3, 0.4) is 0 Å². The number of hydrogen-bond donors (Lipinski definition) is 2. The number of primary amides is 1. The highest BCUT2D eigenvalue weighted by Crippen LogP contribution is 2.27. The Balaban J connectivity index is 3.22. The van der Waals surface area contributed by atoms with Crippen molar-refractivity contribution in [2.45, 2.75) is 18.9 Å². The average molecular weight is 228 g/mol. The third-order valence-electron chi connectivity index (χ3n) is 2.63. The number of nitrogens with one attached hydrogen (secondary N) is 1. The van der Waals surface area contributed by atoms with Crippen LogP contribution < -0.4 is 11.1 Å². The van der Waals surface area contributed by atoms with Crippen molar-refractivity contribution >= 4 is 5.91 Å². The van der Waals surface area contributed by atoms with E-state index in [0.717, 1.165) is 6.07 Å². The molecule has 0 saturated carbocycles. The first kappa shape index (κ1) is 12.6. The molecule has 16 heavy (non-hydrogen) atoms. The maximum Gasteiger partial charge on any atom is 0.219 e. The van der Waals surface area contributed by atoms with E-state index in [1.807, 2.05) is 0 Å². The number of carbonyl (C=O) groups is 1. The summed E-state index contributed by atoms with van der Waals surface area (Å²) < 4.78 is 26.6. The fourth-order valence-corrected chi connectivity index (χ4v) is 1.60. The van der Waals surface area contributed by atoms with Crippen molar-refractivity contribution in [3.8, 4) is 0 Å². The van der Waals surface area contributed by atoms with Gasteiger partial charge in [0.25, 0.3) is 0 Å². The lowest BCUT2D eigenvalue weighted by Crippen LogP contribution is -2.41. The first-order valence-corrected chi connectivity index (χ1v) is 4.82. The Hall–Kier alpha value is -1.49. The van der Waals surface area contributed by atoms with E-state index in [9.17, 15) is 13.6 Å². The highest BCUT2D eigenvalue weighted by atomic mass is 19.2. The van der Waals surface area contributed by atoms with Crippen molar-refractivity contribution in [2.75, 3.05) is 7.05 Å². The largest absolute Gasteiger partial charge is 0.370 e. The van der Waals surface area contributed by atoms with Gasteiger partial charge in [-0.05, 0) is 20.0 Å². The number of hydrogen-bond acceptors (Lipinski definition) is 2. The highest BCUT2D eigenvalue weighted by Gasteiger charge is 2.30. The van der Waals surface area contributed by atoms with Gasteiger partial charge in [0.2, 0.25) is 5.91 Å². The Bertz CT molecular complexity index is 409. The zero-order valence-corrected chi connectivity index (χ0v) is 9.18. The van der Waals surface area contributed by atoms with E-state index in [0.29, 0.717) is 0 Å². The van der Waals surface area contributed by atoms with E-state index >= 15 is 0 Å². The van der Waals surface area contributed by atoms with E-state index in [4.69, 9.17) is 5.73 Å². The number of rotatable bonds is 4. The Morgan fingerprint density at radius 1 is 1.50 bits per heavy atom. The van der Waals surface area contributed by atoms with Crippen LogP contribution in [0.15, 0.2) is 18.2 Å². The van der Waals surface area contributed by atoms with Crippen molar-refractivity contribution < 1.29 is 13.6 Å². The molecule has 1 rings (SSSR count). The second-order valence-electron chi connectivity index (χ2n) is 3.83. The molecule has 3 N–H and O–H groups in total. The van der Waals surface area contributed by atoms with Crippen molar-refractivity contribution in [1.82, 2.24) is 5.32 Å². The standard InChI is InChI=1S/C11H14F2N2O/c1-11(15-2,6-9(14)16)7-4-3-5-8(12)10(7)13/h3-5,15H,6H2,1-2H3,(H2,14,16). The number of benzene rings is 1. The Labute approximate surface area is 92.6 Å². The summed E-state index contributed by atoms with van der Waals surface area (Å²) in [5.74, 6) is -2.48.